The van der Waals surface area contributed by atoms with E-state index >= 15 is 0 Å². The van der Waals surface area contributed by atoms with E-state index in [9.17, 15) is 0 Å². The Morgan fingerprint density at radius 3 is 1.54 bits per heavy atom. The van der Waals surface area contributed by atoms with Gasteiger partial charge in [0.1, 0.15) is 22.3 Å². The van der Waals surface area contributed by atoms with Gasteiger partial charge in [-0.25, -0.2) is 15.0 Å². The van der Waals surface area contributed by atoms with Gasteiger partial charge in [-0.05, 0) is 70.8 Å². The molecule has 0 unspecified atom stereocenters. The normalized spacial score (nSPS) is 11.6. The summed E-state index contributed by atoms with van der Waals surface area (Å²) in [6.45, 7) is 0. The van der Waals surface area contributed by atoms with Crippen LogP contribution in [0.4, 0.5) is 0 Å². The van der Waals surface area contributed by atoms with E-state index in [2.05, 4.69) is 66.7 Å². The molecule has 0 aliphatic carbocycles. The van der Waals surface area contributed by atoms with E-state index in [-0.39, 0.29) is 0 Å². The number of nitrogens with zero attached hydrogens (tertiary/aromatic N) is 3. The summed E-state index contributed by atoms with van der Waals surface area (Å²) >= 11 is 0. The van der Waals surface area contributed by atoms with Crippen molar-refractivity contribution in [3.8, 4) is 56.4 Å². The topological polar surface area (TPSA) is 65.0 Å². The van der Waals surface area contributed by atoms with Gasteiger partial charge < -0.3 is 8.83 Å². The van der Waals surface area contributed by atoms with Gasteiger partial charge in [-0.3, -0.25) is 0 Å². The zero-order valence-electron chi connectivity index (χ0n) is 26.7. The summed E-state index contributed by atoms with van der Waals surface area (Å²) in [6.07, 6.45) is 0. The van der Waals surface area contributed by atoms with Gasteiger partial charge >= 0.3 is 0 Å². The van der Waals surface area contributed by atoms with Crippen LogP contribution in [-0.2, 0) is 0 Å². The van der Waals surface area contributed by atoms with Crippen LogP contribution in [0.25, 0.3) is 100 Å². The van der Waals surface area contributed by atoms with Gasteiger partial charge in [0.25, 0.3) is 0 Å². The Hall–Kier alpha value is -6.85. The molecule has 0 saturated carbocycles. The van der Waals surface area contributed by atoms with Crippen molar-refractivity contribution in [2.75, 3.05) is 0 Å². The fourth-order valence-electron chi connectivity index (χ4n) is 6.94. The van der Waals surface area contributed by atoms with Crippen LogP contribution in [0.5, 0.6) is 0 Å². The van der Waals surface area contributed by atoms with Gasteiger partial charge in [0.05, 0.1) is 0 Å². The van der Waals surface area contributed by atoms with Crippen LogP contribution in [0, 0.1) is 0 Å². The molecular formula is C45H27N3O2. The summed E-state index contributed by atoms with van der Waals surface area (Å²) in [6, 6.07) is 55.8. The smallest absolute Gasteiger partial charge is 0.164 e. The molecule has 0 spiro atoms. The molecule has 3 aromatic heterocycles. The van der Waals surface area contributed by atoms with Gasteiger partial charge in [0.15, 0.2) is 17.5 Å². The van der Waals surface area contributed by atoms with Crippen LogP contribution in [0.2, 0.25) is 0 Å². The second-order valence-electron chi connectivity index (χ2n) is 12.4. The molecule has 0 fully saturated rings. The minimum Gasteiger partial charge on any atom is -0.456 e. The van der Waals surface area contributed by atoms with Gasteiger partial charge in [-0.2, -0.15) is 0 Å². The van der Waals surface area contributed by atoms with E-state index in [0.29, 0.717) is 17.5 Å². The lowest BCUT2D eigenvalue weighted by Gasteiger charge is -2.13. The molecule has 0 atom stereocenters. The summed E-state index contributed by atoms with van der Waals surface area (Å²) in [7, 11) is 0. The summed E-state index contributed by atoms with van der Waals surface area (Å²) in [4.78, 5) is 15.1. The second kappa shape index (κ2) is 11.4. The first-order valence-corrected chi connectivity index (χ1v) is 16.6. The third kappa shape index (κ3) is 4.75. The first kappa shape index (κ1) is 28.2. The number of hydrogen-bond acceptors (Lipinski definition) is 5. The average molecular weight is 642 g/mol. The fraction of sp³-hybridized carbons (Fsp3) is 0. The van der Waals surface area contributed by atoms with E-state index in [1.54, 1.807) is 0 Å². The average Bonchev–Trinajstić information content (AvgIpc) is 3.76. The second-order valence-corrected chi connectivity index (χ2v) is 12.4. The maximum Gasteiger partial charge on any atom is 0.164 e. The predicted octanol–water partition coefficient (Wildman–Crippen LogP) is 12.0. The Morgan fingerprint density at radius 1 is 0.300 bits per heavy atom. The van der Waals surface area contributed by atoms with E-state index in [4.69, 9.17) is 23.8 Å². The first-order chi connectivity index (χ1) is 24.7. The molecule has 0 aliphatic rings. The van der Waals surface area contributed by atoms with Crippen LogP contribution < -0.4 is 0 Å². The number of rotatable bonds is 5. The van der Waals surface area contributed by atoms with Gasteiger partial charge in [-0.15, -0.1) is 0 Å². The molecular weight excluding hydrogens is 615 g/mol. The molecule has 0 bridgehead atoms. The van der Waals surface area contributed by atoms with Crippen molar-refractivity contribution in [1.82, 2.24) is 15.0 Å². The monoisotopic (exact) mass is 641 g/mol. The molecule has 7 aromatic carbocycles. The van der Waals surface area contributed by atoms with Crippen molar-refractivity contribution in [1.29, 1.82) is 0 Å². The quantitative estimate of drug-likeness (QED) is 0.187. The van der Waals surface area contributed by atoms with Gasteiger partial charge in [-0.1, -0.05) is 115 Å². The molecule has 10 rings (SSSR count). The van der Waals surface area contributed by atoms with E-state index in [0.717, 1.165) is 82.8 Å². The molecule has 5 heteroatoms. The zero-order valence-corrected chi connectivity index (χ0v) is 26.7. The maximum atomic E-state index is 6.32. The third-order valence-corrected chi connectivity index (χ3v) is 9.32. The highest BCUT2D eigenvalue weighted by molar-refractivity contribution is 6.13. The lowest BCUT2D eigenvalue weighted by molar-refractivity contribution is 0.668. The highest BCUT2D eigenvalue weighted by Gasteiger charge is 2.18. The molecule has 5 nitrogen and oxygen atoms in total. The Morgan fingerprint density at radius 2 is 0.820 bits per heavy atom. The molecule has 50 heavy (non-hydrogen) atoms. The summed E-state index contributed by atoms with van der Waals surface area (Å²) in [5.41, 5.74) is 10.3. The van der Waals surface area contributed by atoms with Crippen LogP contribution in [-0.4, -0.2) is 15.0 Å². The first-order valence-electron chi connectivity index (χ1n) is 16.6. The molecule has 3 heterocycles. The lowest BCUT2D eigenvalue weighted by atomic mass is 9.93. The number of fused-ring (bicyclic) bond motifs is 6. The summed E-state index contributed by atoms with van der Waals surface area (Å²) < 4.78 is 12.6. The molecule has 0 radical (unpaired) electrons. The van der Waals surface area contributed by atoms with Crippen LogP contribution >= 0.6 is 0 Å². The highest BCUT2D eigenvalue weighted by atomic mass is 16.3. The molecule has 10 aromatic rings. The predicted molar refractivity (Wildman–Crippen MR) is 202 cm³/mol. The van der Waals surface area contributed by atoms with E-state index in [1.807, 2.05) is 97.1 Å². The van der Waals surface area contributed by atoms with Crippen molar-refractivity contribution in [2.24, 2.45) is 0 Å². The third-order valence-electron chi connectivity index (χ3n) is 9.32. The number of para-hydroxylation sites is 2. The largest absolute Gasteiger partial charge is 0.456 e. The van der Waals surface area contributed by atoms with Crippen LogP contribution in [0.15, 0.2) is 173 Å². The molecule has 0 saturated heterocycles. The lowest BCUT2D eigenvalue weighted by Crippen LogP contribution is -2.00. The van der Waals surface area contributed by atoms with Crippen molar-refractivity contribution in [3.63, 3.8) is 0 Å². The van der Waals surface area contributed by atoms with Crippen LogP contribution in [0.3, 0.4) is 0 Å². The van der Waals surface area contributed by atoms with Crippen LogP contribution in [0.1, 0.15) is 0 Å². The van der Waals surface area contributed by atoms with Crippen molar-refractivity contribution in [2.45, 2.75) is 0 Å². The number of aromatic nitrogens is 3. The molecule has 0 amide bonds. The molecule has 234 valence electrons. The summed E-state index contributed by atoms with van der Waals surface area (Å²) in [5, 5.41) is 4.35. The van der Waals surface area contributed by atoms with E-state index in [1.165, 1.54) is 0 Å². The Balaban J connectivity index is 1.24. The van der Waals surface area contributed by atoms with Crippen molar-refractivity contribution < 1.29 is 8.83 Å². The van der Waals surface area contributed by atoms with E-state index < -0.39 is 0 Å². The van der Waals surface area contributed by atoms with Gasteiger partial charge in [0.2, 0.25) is 0 Å². The Kier molecular flexibility index (Phi) is 6.42. The fourth-order valence-corrected chi connectivity index (χ4v) is 6.94. The Labute approximate surface area is 287 Å². The highest BCUT2D eigenvalue weighted by Crippen LogP contribution is 2.41. The van der Waals surface area contributed by atoms with Crippen molar-refractivity contribution >= 4 is 43.9 Å². The molecule has 0 aliphatic heterocycles. The minimum atomic E-state index is 0.592. The Bertz CT molecular complexity index is 2810. The molecule has 0 N–H and O–H groups in total. The standard InChI is InChI=1S/C45H27N3O2/c1-3-12-28(13-4-1)43-46-44(29-14-5-2-6-15-29)48-45(47-43)33-25-31(30-22-23-36-35-16-7-9-19-38(35)50-41(36)27-30)24-32(26-33)34-18-11-21-40-42(34)37-17-8-10-20-39(37)49-40/h1-27H. The SMILES string of the molecule is c1ccc(-c2nc(-c3ccccc3)nc(-c3cc(-c4ccc5c(c4)oc4ccccc45)cc(-c4cccc5oc6ccccc6c45)c3)n2)cc1. The summed E-state index contributed by atoms with van der Waals surface area (Å²) in [5.74, 6) is 1.83. The number of furan rings is 2. The number of hydrogen-bond donors (Lipinski definition) is 0. The minimum absolute atomic E-state index is 0.592. The van der Waals surface area contributed by atoms with Crippen molar-refractivity contribution in [3.05, 3.63) is 164 Å². The zero-order chi connectivity index (χ0) is 33.0. The van der Waals surface area contributed by atoms with Gasteiger partial charge in [0, 0.05) is 38.2 Å². The maximum absolute atomic E-state index is 6.32. The number of benzene rings is 7.